The van der Waals surface area contributed by atoms with Crippen molar-refractivity contribution in [2.75, 3.05) is 11.5 Å². The summed E-state index contributed by atoms with van der Waals surface area (Å²) in [5.41, 5.74) is 1.08. The summed E-state index contributed by atoms with van der Waals surface area (Å²) in [7, 11) is 0. The van der Waals surface area contributed by atoms with Crippen molar-refractivity contribution < 1.29 is 14.4 Å². The SMILES string of the molecule is O=C1ON(Cc2ccccc2Br)C(=O)C1=C1SCCS1. The predicted molar refractivity (Wildman–Crippen MR) is 82.7 cm³/mol. The normalized spacial score (nSPS) is 18.9. The van der Waals surface area contributed by atoms with Crippen LogP contribution in [0.2, 0.25) is 0 Å². The monoisotopic (exact) mass is 371 g/mol. The molecule has 2 aliphatic heterocycles. The molecule has 1 aromatic rings. The van der Waals surface area contributed by atoms with Crippen LogP contribution in [0.25, 0.3) is 0 Å². The van der Waals surface area contributed by atoms with Crippen molar-refractivity contribution in [3.8, 4) is 0 Å². The molecule has 7 heteroatoms. The van der Waals surface area contributed by atoms with Gasteiger partial charge in [-0.05, 0) is 11.6 Å². The van der Waals surface area contributed by atoms with Gasteiger partial charge >= 0.3 is 5.97 Å². The first kappa shape index (κ1) is 14.0. The maximum absolute atomic E-state index is 12.3. The van der Waals surface area contributed by atoms with Crippen LogP contribution in [0.15, 0.2) is 38.5 Å². The third-order valence-corrected chi connectivity index (χ3v) is 6.35. The van der Waals surface area contributed by atoms with Crippen LogP contribution in [0.4, 0.5) is 0 Å². The molecule has 1 amide bonds. The lowest BCUT2D eigenvalue weighted by Crippen LogP contribution is -2.23. The van der Waals surface area contributed by atoms with Gasteiger partial charge in [-0.3, -0.25) is 4.79 Å². The lowest BCUT2D eigenvalue weighted by molar-refractivity contribution is -0.180. The van der Waals surface area contributed by atoms with Crippen molar-refractivity contribution in [2.45, 2.75) is 6.54 Å². The lowest BCUT2D eigenvalue weighted by atomic mass is 10.2. The Labute approximate surface area is 133 Å². The summed E-state index contributed by atoms with van der Waals surface area (Å²) in [4.78, 5) is 29.3. The van der Waals surface area contributed by atoms with Crippen LogP contribution in [0.5, 0.6) is 0 Å². The first-order valence-electron chi connectivity index (χ1n) is 5.94. The molecule has 0 aliphatic carbocycles. The van der Waals surface area contributed by atoms with Crippen molar-refractivity contribution in [1.82, 2.24) is 5.06 Å². The second-order valence-electron chi connectivity index (χ2n) is 4.17. The number of nitrogens with zero attached hydrogens (tertiary/aromatic N) is 1. The van der Waals surface area contributed by atoms with Crippen LogP contribution in [0.1, 0.15) is 5.56 Å². The molecule has 2 saturated heterocycles. The Morgan fingerprint density at radius 1 is 1.20 bits per heavy atom. The maximum atomic E-state index is 12.3. The third kappa shape index (κ3) is 2.62. The van der Waals surface area contributed by atoms with E-state index in [9.17, 15) is 9.59 Å². The fourth-order valence-corrected chi connectivity index (χ4v) is 4.82. The van der Waals surface area contributed by atoms with Crippen LogP contribution < -0.4 is 0 Å². The highest BCUT2D eigenvalue weighted by Crippen LogP contribution is 2.41. The van der Waals surface area contributed by atoms with E-state index in [0.717, 1.165) is 30.8 Å². The highest BCUT2D eigenvalue weighted by molar-refractivity contribution is 9.10. The van der Waals surface area contributed by atoms with Crippen LogP contribution in [-0.4, -0.2) is 28.4 Å². The molecule has 104 valence electrons. The van der Waals surface area contributed by atoms with Gasteiger partial charge in [0.15, 0.2) is 0 Å². The molecule has 20 heavy (non-hydrogen) atoms. The Bertz CT molecular complexity index is 609. The van der Waals surface area contributed by atoms with Gasteiger partial charge in [-0.15, -0.1) is 23.5 Å². The number of hydrogen-bond donors (Lipinski definition) is 0. The van der Waals surface area contributed by atoms with E-state index >= 15 is 0 Å². The number of hydroxylamine groups is 2. The summed E-state index contributed by atoms with van der Waals surface area (Å²) < 4.78 is 1.67. The molecule has 1 aromatic carbocycles. The molecule has 0 aromatic heterocycles. The highest BCUT2D eigenvalue weighted by atomic mass is 79.9. The van der Waals surface area contributed by atoms with Gasteiger partial charge in [0.05, 0.1) is 10.8 Å². The lowest BCUT2D eigenvalue weighted by Gasteiger charge is -2.13. The van der Waals surface area contributed by atoms with Crippen LogP contribution in [-0.2, 0) is 21.0 Å². The largest absolute Gasteiger partial charge is 0.370 e. The molecule has 2 fully saturated rings. The Hall–Kier alpha value is -0.920. The molecule has 0 N–H and O–H groups in total. The number of carbonyl (C=O) groups excluding carboxylic acids is 2. The molecule has 3 rings (SSSR count). The van der Waals surface area contributed by atoms with Crippen LogP contribution >= 0.6 is 39.5 Å². The fourth-order valence-electron chi connectivity index (χ4n) is 1.91. The molecule has 0 unspecified atom stereocenters. The zero-order valence-electron chi connectivity index (χ0n) is 10.3. The molecule has 2 heterocycles. The van der Waals surface area contributed by atoms with E-state index in [4.69, 9.17) is 4.84 Å². The van der Waals surface area contributed by atoms with E-state index in [0.29, 0.717) is 0 Å². The Morgan fingerprint density at radius 3 is 2.60 bits per heavy atom. The summed E-state index contributed by atoms with van der Waals surface area (Å²) in [6, 6.07) is 7.55. The van der Waals surface area contributed by atoms with E-state index in [2.05, 4.69) is 15.9 Å². The molecule has 0 bridgehead atoms. The van der Waals surface area contributed by atoms with Gasteiger partial charge in [0, 0.05) is 16.0 Å². The average molecular weight is 372 g/mol. The number of hydrogen-bond acceptors (Lipinski definition) is 5. The first-order valence-corrected chi connectivity index (χ1v) is 8.70. The minimum absolute atomic E-state index is 0.185. The van der Waals surface area contributed by atoms with Gasteiger partial charge in [0.25, 0.3) is 5.91 Å². The number of benzene rings is 1. The molecule has 0 saturated carbocycles. The summed E-state index contributed by atoms with van der Waals surface area (Å²) >= 11 is 6.51. The molecule has 4 nitrogen and oxygen atoms in total. The number of halogens is 1. The summed E-state index contributed by atoms with van der Waals surface area (Å²) in [5, 5.41) is 1.13. The predicted octanol–water partition coefficient (Wildman–Crippen LogP) is 2.94. The molecule has 0 radical (unpaired) electrons. The minimum atomic E-state index is -0.543. The van der Waals surface area contributed by atoms with Gasteiger partial charge in [-0.2, -0.15) is 5.06 Å². The van der Waals surface area contributed by atoms with Crippen molar-refractivity contribution in [3.05, 3.63) is 44.1 Å². The smallest absolute Gasteiger partial charge is 0.332 e. The summed E-state index contributed by atoms with van der Waals surface area (Å²) in [6.45, 7) is 0.248. The standard InChI is InChI=1S/C13H10BrNO3S2/c14-9-4-2-1-3-8(9)7-15-11(16)10(12(17)18-15)13-19-5-6-20-13/h1-4H,5-7H2. The Kier molecular flexibility index (Phi) is 4.09. The number of amides is 1. The second kappa shape index (κ2) is 5.83. The molecule has 2 aliphatic rings. The summed E-state index contributed by atoms with van der Waals surface area (Å²) in [5.74, 6) is 0.962. The van der Waals surface area contributed by atoms with Gasteiger partial charge < -0.3 is 4.84 Å². The van der Waals surface area contributed by atoms with Crippen molar-refractivity contribution >= 4 is 51.3 Å². The van der Waals surface area contributed by atoms with E-state index in [1.165, 1.54) is 0 Å². The van der Waals surface area contributed by atoms with Gasteiger partial charge in [-0.1, -0.05) is 34.1 Å². The number of rotatable bonds is 2. The fraction of sp³-hybridized carbons (Fsp3) is 0.231. The minimum Gasteiger partial charge on any atom is -0.332 e. The number of thioether (sulfide) groups is 2. The zero-order valence-corrected chi connectivity index (χ0v) is 13.5. The van der Waals surface area contributed by atoms with Crippen LogP contribution in [0, 0.1) is 0 Å². The third-order valence-electron chi connectivity index (χ3n) is 2.86. The molecular formula is C13H10BrNO3S2. The topological polar surface area (TPSA) is 46.6 Å². The first-order chi connectivity index (χ1) is 9.66. The Balaban J connectivity index is 1.84. The molecular weight excluding hydrogens is 362 g/mol. The van der Waals surface area contributed by atoms with E-state index < -0.39 is 5.97 Å². The number of carbonyl (C=O) groups is 2. The molecule has 0 spiro atoms. The van der Waals surface area contributed by atoms with E-state index in [-0.39, 0.29) is 18.0 Å². The zero-order chi connectivity index (χ0) is 14.1. The Morgan fingerprint density at radius 2 is 1.90 bits per heavy atom. The quantitative estimate of drug-likeness (QED) is 0.590. The van der Waals surface area contributed by atoms with Crippen molar-refractivity contribution in [3.63, 3.8) is 0 Å². The summed E-state index contributed by atoms with van der Waals surface area (Å²) in [6.07, 6.45) is 0. The highest BCUT2D eigenvalue weighted by Gasteiger charge is 2.40. The average Bonchev–Trinajstić information content (AvgIpc) is 3.02. The van der Waals surface area contributed by atoms with Crippen molar-refractivity contribution in [2.24, 2.45) is 0 Å². The molecule has 0 atom stereocenters. The van der Waals surface area contributed by atoms with Gasteiger partial charge in [0.1, 0.15) is 5.57 Å². The van der Waals surface area contributed by atoms with Crippen molar-refractivity contribution in [1.29, 1.82) is 0 Å². The van der Waals surface area contributed by atoms with E-state index in [1.54, 1.807) is 23.5 Å². The van der Waals surface area contributed by atoms with Gasteiger partial charge in [0.2, 0.25) is 0 Å². The van der Waals surface area contributed by atoms with Crippen LogP contribution in [0.3, 0.4) is 0 Å². The maximum Gasteiger partial charge on any atom is 0.370 e. The second-order valence-corrected chi connectivity index (χ2v) is 7.49. The van der Waals surface area contributed by atoms with Gasteiger partial charge in [-0.25, -0.2) is 4.79 Å². The van der Waals surface area contributed by atoms with E-state index in [1.807, 2.05) is 24.3 Å².